The number of hydrogen-bond donors (Lipinski definition) is 1. The van der Waals surface area contributed by atoms with Gasteiger partial charge in [0.1, 0.15) is 10.9 Å². The van der Waals surface area contributed by atoms with Gasteiger partial charge in [0.15, 0.2) is 0 Å². The van der Waals surface area contributed by atoms with Crippen LogP contribution in [0.5, 0.6) is 0 Å². The van der Waals surface area contributed by atoms with Crippen molar-refractivity contribution in [3.63, 3.8) is 0 Å². The van der Waals surface area contributed by atoms with Gasteiger partial charge in [-0.2, -0.15) is 4.72 Å². The number of benzene rings is 1. The first-order valence-electron chi connectivity index (χ1n) is 10.3. The molecule has 32 heavy (non-hydrogen) atoms. The van der Waals surface area contributed by atoms with Crippen LogP contribution in [0.2, 0.25) is 5.02 Å². The molecule has 1 aliphatic rings. The van der Waals surface area contributed by atoms with Crippen LogP contribution in [-0.2, 0) is 21.2 Å². The number of halogens is 1. The molecule has 1 aromatic heterocycles. The first-order chi connectivity index (χ1) is 15.2. The number of carbonyl (C=O) groups excluding carboxylic acids is 1. The molecule has 0 aliphatic carbocycles. The minimum Gasteiger partial charge on any atom is -0.341 e. The molecule has 2 aromatic rings. The molecule has 0 bridgehead atoms. The highest BCUT2D eigenvalue weighted by molar-refractivity contribution is 7.89. The lowest BCUT2D eigenvalue weighted by molar-refractivity contribution is -0.384. The van der Waals surface area contributed by atoms with Crippen LogP contribution >= 0.6 is 11.6 Å². The number of nitrogens with zero attached hydrogens (tertiary/aromatic N) is 3. The molecule has 1 aromatic carbocycles. The van der Waals surface area contributed by atoms with Crippen molar-refractivity contribution in [3.8, 4) is 0 Å². The van der Waals surface area contributed by atoms with Crippen LogP contribution in [0.4, 0.5) is 5.69 Å². The van der Waals surface area contributed by atoms with Crippen LogP contribution in [0.25, 0.3) is 0 Å². The highest BCUT2D eigenvalue weighted by Crippen LogP contribution is 2.23. The molecule has 172 valence electrons. The monoisotopic (exact) mass is 480 g/mol. The summed E-state index contributed by atoms with van der Waals surface area (Å²) in [5.41, 5.74) is 0.512. The minimum absolute atomic E-state index is 0.00204. The van der Waals surface area contributed by atoms with E-state index in [1.807, 2.05) is 0 Å². The number of nitro groups is 1. The van der Waals surface area contributed by atoms with Gasteiger partial charge < -0.3 is 4.90 Å². The van der Waals surface area contributed by atoms with Gasteiger partial charge in [-0.3, -0.25) is 19.9 Å². The lowest BCUT2D eigenvalue weighted by Crippen LogP contribution is -2.51. The van der Waals surface area contributed by atoms with E-state index in [2.05, 4.69) is 16.6 Å². The third-order valence-electron chi connectivity index (χ3n) is 5.71. The summed E-state index contributed by atoms with van der Waals surface area (Å²) < 4.78 is 28.5. The maximum atomic E-state index is 13.3. The maximum absolute atomic E-state index is 13.3. The molecule has 0 saturated carbocycles. The number of nitrogens with one attached hydrogen (secondary N) is 1. The minimum atomic E-state index is -4.13. The van der Waals surface area contributed by atoms with Crippen molar-refractivity contribution in [1.29, 1.82) is 0 Å². The largest absolute Gasteiger partial charge is 0.341 e. The van der Waals surface area contributed by atoms with E-state index in [0.717, 1.165) is 25.5 Å². The fourth-order valence-corrected chi connectivity index (χ4v) is 5.38. The molecule has 0 spiro atoms. The molecule has 1 saturated heterocycles. The first-order valence-corrected chi connectivity index (χ1v) is 12.2. The summed E-state index contributed by atoms with van der Waals surface area (Å²) >= 11 is 6.04. The number of pyridine rings is 1. The number of carbonyl (C=O) groups is 1. The molecule has 0 radical (unpaired) electrons. The zero-order chi connectivity index (χ0) is 23.3. The highest BCUT2D eigenvalue weighted by atomic mass is 35.5. The fraction of sp³-hybridized carbons (Fsp3) is 0.429. The Morgan fingerprint density at radius 2 is 1.94 bits per heavy atom. The maximum Gasteiger partial charge on any atom is 0.269 e. The van der Waals surface area contributed by atoms with Gasteiger partial charge in [0, 0.05) is 37.6 Å². The van der Waals surface area contributed by atoms with Gasteiger partial charge in [-0.05, 0) is 36.8 Å². The highest BCUT2D eigenvalue weighted by Gasteiger charge is 2.32. The van der Waals surface area contributed by atoms with Gasteiger partial charge in [0.05, 0.1) is 9.95 Å². The van der Waals surface area contributed by atoms with Gasteiger partial charge in [-0.25, -0.2) is 8.42 Å². The molecule has 9 nitrogen and oxygen atoms in total. The molecule has 0 unspecified atom stereocenters. The molecule has 2 heterocycles. The van der Waals surface area contributed by atoms with E-state index in [-0.39, 0.29) is 27.9 Å². The van der Waals surface area contributed by atoms with E-state index in [9.17, 15) is 23.3 Å². The third kappa shape index (κ3) is 5.81. The number of amides is 1. The van der Waals surface area contributed by atoms with Crippen LogP contribution in [0, 0.1) is 16.0 Å². The number of rotatable bonds is 8. The third-order valence-corrected chi connectivity index (χ3v) is 7.65. The lowest BCUT2D eigenvalue weighted by Gasteiger charge is -2.34. The summed E-state index contributed by atoms with van der Waals surface area (Å²) in [7, 11) is -4.13. The number of aromatic nitrogens is 1. The van der Waals surface area contributed by atoms with Crippen molar-refractivity contribution < 1.29 is 18.1 Å². The smallest absolute Gasteiger partial charge is 0.269 e. The van der Waals surface area contributed by atoms with Crippen LogP contribution in [-0.4, -0.2) is 48.3 Å². The quantitative estimate of drug-likeness (QED) is 0.457. The molecule has 1 amide bonds. The molecule has 1 atom stereocenters. The van der Waals surface area contributed by atoms with Crippen molar-refractivity contribution in [3.05, 3.63) is 63.4 Å². The number of hydrogen-bond acceptors (Lipinski definition) is 6. The van der Waals surface area contributed by atoms with E-state index < -0.39 is 21.0 Å². The summed E-state index contributed by atoms with van der Waals surface area (Å²) in [5, 5.41) is 10.9. The van der Waals surface area contributed by atoms with Crippen LogP contribution in [0.3, 0.4) is 0 Å². The first kappa shape index (κ1) is 24.1. The summed E-state index contributed by atoms with van der Waals surface area (Å²) in [6, 6.07) is 5.97. The van der Waals surface area contributed by atoms with Crippen molar-refractivity contribution >= 4 is 33.2 Å². The second-order valence-corrected chi connectivity index (χ2v) is 9.87. The van der Waals surface area contributed by atoms with Crippen molar-refractivity contribution in [1.82, 2.24) is 14.6 Å². The summed E-state index contributed by atoms with van der Waals surface area (Å²) in [5.74, 6) is 0.222. The SMILES string of the molecule is CCC1CCN(C(=O)[C@H](Cc2ccc([N+](=O)[O-])cc2)NS(=O)(=O)c2cnccc2Cl)CC1. The summed E-state index contributed by atoms with van der Waals surface area (Å²) in [4.78, 5) is 29.0. The summed E-state index contributed by atoms with van der Waals surface area (Å²) in [6.45, 7) is 3.23. The molecular formula is C21H25ClN4O5S. The predicted molar refractivity (Wildman–Crippen MR) is 120 cm³/mol. The Morgan fingerprint density at radius 3 is 2.50 bits per heavy atom. The number of nitro benzene ring substituents is 1. The second-order valence-electron chi connectivity index (χ2n) is 7.78. The van der Waals surface area contributed by atoms with Gasteiger partial charge in [-0.1, -0.05) is 37.1 Å². The van der Waals surface area contributed by atoms with Gasteiger partial charge in [-0.15, -0.1) is 0 Å². The van der Waals surface area contributed by atoms with E-state index in [4.69, 9.17) is 11.6 Å². The molecule has 3 rings (SSSR count). The van der Waals surface area contributed by atoms with Crippen molar-refractivity contribution in [2.45, 2.75) is 43.5 Å². The Labute approximate surface area is 192 Å². The molecular weight excluding hydrogens is 456 g/mol. The lowest BCUT2D eigenvalue weighted by atomic mass is 9.94. The van der Waals surface area contributed by atoms with E-state index in [0.29, 0.717) is 24.6 Å². The number of non-ortho nitro benzene ring substituents is 1. The average molecular weight is 481 g/mol. The molecule has 1 aliphatic heterocycles. The van der Waals surface area contributed by atoms with Gasteiger partial charge >= 0.3 is 0 Å². The fourth-order valence-electron chi connectivity index (χ4n) is 3.76. The average Bonchev–Trinajstić information content (AvgIpc) is 2.78. The van der Waals surface area contributed by atoms with Crippen molar-refractivity contribution in [2.24, 2.45) is 5.92 Å². The van der Waals surface area contributed by atoms with Gasteiger partial charge in [0.2, 0.25) is 15.9 Å². The zero-order valence-electron chi connectivity index (χ0n) is 17.6. The Kier molecular flexibility index (Phi) is 7.81. The van der Waals surface area contributed by atoms with E-state index in [1.54, 1.807) is 4.90 Å². The zero-order valence-corrected chi connectivity index (χ0v) is 19.2. The van der Waals surface area contributed by atoms with Crippen LogP contribution in [0.1, 0.15) is 31.7 Å². The Hall–Kier alpha value is -2.56. The Balaban J connectivity index is 1.85. The topological polar surface area (TPSA) is 123 Å². The Bertz CT molecular complexity index is 1070. The van der Waals surface area contributed by atoms with Crippen LogP contribution < -0.4 is 4.72 Å². The number of piperidine rings is 1. The van der Waals surface area contributed by atoms with Crippen LogP contribution in [0.15, 0.2) is 47.6 Å². The molecule has 11 heteroatoms. The van der Waals surface area contributed by atoms with E-state index >= 15 is 0 Å². The molecule has 1 N–H and O–H groups in total. The standard InChI is InChI=1S/C21H25ClN4O5S/c1-2-15-8-11-25(12-9-15)21(27)19(13-16-3-5-17(6-4-16)26(28)29)24-32(30,31)20-14-23-10-7-18(20)22/h3-7,10,14-15,19,24H,2,8-9,11-13H2,1H3/t19-/m0/s1. The Morgan fingerprint density at radius 1 is 1.28 bits per heavy atom. The van der Waals surface area contributed by atoms with Crippen molar-refractivity contribution in [2.75, 3.05) is 13.1 Å². The number of likely N-dealkylation sites (tertiary alicyclic amines) is 1. The molecule has 1 fully saturated rings. The number of sulfonamides is 1. The normalized spacial score (nSPS) is 16.0. The second kappa shape index (κ2) is 10.4. The summed E-state index contributed by atoms with van der Waals surface area (Å²) in [6.07, 6.45) is 5.33. The predicted octanol–water partition coefficient (Wildman–Crippen LogP) is 3.18. The van der Waals surface area contributed by atoms with Gasteiger partial charge in [0.25, 0.3) is 5.69 Å². The van der Waals surface area contributed by atoms with E-state index in [1.165, 1.54) is 36.5 Å².